The van der Waals surface area contributed by atoms with E-state index in [1.807, 2.05) is 0 Å². The van der Waals surface area contributed by atoms with Crippen LogP contribution in [0, 0.1) is 12.7 Å². The number of nitrogens with zero attached hydrogens (tertiary/aromatic N) is 3. The second kappa shape index (κ2) is 6.48. The zero-order valence-corrected chi connectivity index (χ0v) is 14.9. The lowest BCUT2D eigenvalue weighted by molar-refractivity contribution is 0.0697. The highest BCUT2D eigenvalue weighted by Gasteiger charge is 2.32. The molecule has 0 spiro atoms. The van der Waals surface area contributed by atoms with Gasteiger partial charge < -0.3 is 24.3 Å². The van der Waals surface area contributed by atoms with Crippen LogP contribution < -0.4 is 15.2 Å². The van der Waals surface area contributed by atoms with E-state index >= 15 is 0 Å². The highest BCUT2D eigenvalue weighted by molar-refractivity contribution is 5.99. The van der Waals surface area contributed by atoms with Gasteiger partial charge in [0.25, 0.3) is 5.56 Å². The quantitative estimate of drug-likeness (QED) is 0.699. The first-order valence-electron chi connectivity index (χ1n) is 8.29. The summed E-state index contributed by atoms with van der Waals surface area (Å²) in [6.45, 7) is 2.04. The molecular weight excluding hydrogens is 371 g/mol. The number of carbonyl (C=O) groups is 1. The highest BCUT2D eigenvalue weighted by atomic mass is 19.1. The van der Waals surface area contributed by atoms with Crippen molar-refractivity contribution in [3.05, 3.63) is 57.0 Å². The Morgan fingerprint density at radius 2 is 2.18 bits per heavy atom. The van der Waals surface area contributed by atoms with Crippen molar-refractivity contribution in [3.8, 4) is 17.1 Å². The Morgan fingerprint density at radius 3 is 2.89 bits per heavy atom. The van der Waals surface area contributed by atoms with Crippen LogP contribution in [0.5, 0.6) is 5.75 Å². The predicted octanol–water partition coefficient (Wildman–Crippen LogP) is 2.10. The molecule has 9 nitrogen and oxygen atoms in total. The number of anilines is 1. The average molecular weight is 386 g/mol. The number of aromatic carboxylic acids is 1. The Morgan fingerprint density at radius 1 is 1.39 bits per heavy atom. The number of fused-ring (bicyclic) bond motifs is 1. The second-order valence-corrected chi connectivity index (χ2v) is 6.30. The summed E-state index contributed by atoms with van der Waals surface area (Å²) >= 11 is 0. The third-order valence-corrected chi connectivity index (χ3v) is 4.51. The molecule has 0 atom stereocenters. The fourth-order valence-electron chi connectivity index (χ4n) is 3.23. The number of aromatic amines is 1. The van der Waals surface area contributed by atoms with Gasteiger partial charge in [-0.2, -0.15) is 0 Å². The van der Waals surface area contributed by atoms with E-state index in [2.05, 4.69) is 15.1 Å². The molecule has 0 saturated carbocycles. The largest absolute Gasteiger partial charge is 0.494 e. The van der Waals surface area contributed by atoms with E-state index in [0.29, 0.717) is 22.6 Å². The van der Waals surface area contributed by atoms with Gasteiger partial charge in [-0.05, 0) is 25.1 Å². The molecule has 10 heteroatoms. The Bertz CT molecular complexity index is 1150. The smallest absolute Gasteiger partial charge is 0.343 e. The molecule has 2 N–H and O–H groups in total. The van der Waals surface area contributed by atoms with E-state index in [1.54, 1.807) is 11.8 Å². The third kappa shape index (κ3) is 2.79. The van der Waals surface area contributed by atoms with Crippen LogP contribution in [0.25, 0.3) is 11.3 Å². The molecule has 0 bridgehead atoms. The lowest BCUT2D eigenvalue weighted by atomic mass is 10.1. The molecule has 0 aliphatic carbocycles. The summed E-state index contributed by atoms with van der Waals surface area (Å²) in [5.74, 6) is -1.38. The van der Waals surface area contributed by atoms with Crippen LogP contribution in [0.1, 0.15) is 27.4 Å². The number of methoxy groups -OCH3 is 1. The van der Waals surface area contributed by atoms with Crippen molar-refractivity contribution in [1.82, 2.24) is 15.1 Å². The van der Waals surface area contributed by atoms with Crippen LogP contribution in [-0.4, -0.2) is 33.3 Å². The van der Waals surface area contributed by atoms with Crippen molar-refractivity contribution in [2.75, 3.05) is 12.0 Å². The predicted molar refractivity (Wildman–Crippen MR) is 94.9 cm³/mol. The molecule has 144 valence electrons. The van der Waals surface area contributed by atoms with E-state index < -0.39 is 11.8 Å². The number of benzene rings is 1. The lowest BCUT2D eigenvalue weighted by Crippen LogP contribution is -2.20. The summed E-state index contributed by atoms with van der Waals surface area (Å²) in [5.41, 5.74) is 0.863. The zero-order chi connectivity index (χ0) is 20.0. The van der Waals surface area contributed by atoms with Crippen LogP contribution in [0.3, 0.4) is 0 Å². The fourth-order valence-corrected chi connectivity index (χ4v) is 3.23. The number of halogens is 1. The maximum absolute atomic E-state index is 13.7. The molecule has 0 amide bonds. The zero-order valence-electron chi connectivity index (χ0n) is 14.9. The van der Waals surface area contributed by atoms with Crippen LogP contribution in [0.4, 0.5) is 10.2 Å². The van der Waals surface area contributed by atoms with Gasteiger partial charge in [0.1, 0.15) is 5.82 Å². The number of hydrogen-bond donors (Lipinski definition) is 2. The summed E-state index contributed by atoms with van der Waals surface area (Å²) in [6.07, 6.45) is 0. The average Bonchev–Trinajstić information content (AvgIpc) is 3.26. The minimum atomic E-state index is -1.26. The molecule has 0 saturated heterocycles. The number of carboxylic acids is 1. The van der Waals surface area contributed by atoms with Crippen molar-refractivity contribution in [2.24, 2.45) is 0 Å². The van der Waals surface area contributed by atoms with Crippen LogP contribution in [-0.2, 0) is 13.1 Å². The number of ether oxygens (including phenoxy) is 1. The Labute approximate surface area is 157 Å². The number of hydrogen-bond acceptors (Lipinski definition) is 7. The maximum atomic E-state index is 13.7. The summed E-state index contributed by atoms with van der Waals surface area (Å²) in [4.78, 5) is 32.6. The molecule has 28 heavy (non-hydrogen) atoms. The topological polar surface area (TPSA) is 122 Å². The molecular formula is C18H15FN4O5. The van der Waals surface area contributed by atoms with Gasteiger partial charge in [0.2, 0.25) is 0 Å². The second-order valence-electron chi connectivity index (χ2n) is 6.30. The molecule has 0 radical (unpaired) electrons. The number of H-pyrrole nitrogens is 1. The van der Waals surface area contributed by atoms with E-state index in [0.717, 1.165) is 6.07 Å². The van der Waals surface area contributed by atoms with Crippen LogP contribution in [0.15, 0.2) is 27.5 Å². The minimum absolute atomic E-state index is 0.0326. The summed E-state index contributed by atoms with van der Waals surface area (Å²) in [5, 5.41) is 13.6. The summed E-state index contributed by atoms with van der Waals surface area (Å²) in [6, 6.07) is 3.86. The van der Waals surface area contributed by atoms with Gasteiger partial charge in [-0.15, -0.1) is 0 Å². The number of aromatic nitrogens is 3. The molecule has 0 fully saturated rings. The number of aryl methyl sites for hydroxylation is 1. The normalized spacial score (nSPS) is 12.9. The Hall–Kier alpha value is -3.69. The third-order valence-electron chi connectivity index (χ3n) is 4.51. The first-order valence-corrected chi connectivity index (χ1v) is 8.29. The fraction of sp³-hybridized carbons (Fsp3) is 0.222. The minimum Gasteiger partial charge on any atom is -0.494 e. The van der Waals surface area contributed by atoms with Gasteiger partial charge in [-0.1, -0.05) is 5.16 Å². The molecule has 3 heterocycles. The SMILES string of the molecule is COc1cc(-c2onc(N3Cc4nc(C)[nH]c(=O)c4C3)c2C(=O)O)ccc1F. The van der Waals surface area contributed by atoms with Gasteiger partial charge in [0, 0.05) is 5.56 Å². The Balaban J connectivity index is 1.78. The number of carboxylic acid groups (broad SMARTS) is 1. The van der Waals surface area contributed by atoms with Crippen molar-refractivity contribution in [1.29, 1.82) is 0 Å². The van der Waals surface area contributed by atoms with E-state index in [-0.39, 0.29) is 41.5 Å². The highest BCUT2D eigenvalue weighted by Crippen LogP contribution is 2.36. The molecule has 1 aliphatic heterocycles. The molecule has 2 aromatic heterocycles. The van der Waals surface area contributed by atoms with Crippen molar-refractivity contribution in [2.45, 2.75) is 20.0 Å². The van der Waals surface area contributed by atoms with Gasteiger partial charge in [0.15, 0.2) is 28.7 Å². The van der Waals surface area contributed by atoms with E-state index in [9.17, 15) is 19.1 Å². The van der Waals surface area contributed by atoms with E-state index in [4.69, 9.17) is 9.26 Å². The molecule has 0 unspecified atom stereocenters. The maximum Gasteiger partial charge on any atom is 0.343 e. The lowest BCUT2D eigenvalue weighted by Gasteiger charge is -2.13. The molecule has 4 rings (SSSR count). The molecule has 1 aliphatic rings. The van der Waals surface area contributed by atoms with Crippen molar-refractivity contribution in [3.63, 3.8) is 0 Å². The van der Waals surface area contributed by atoms with Crippen LogP contribution in [0.2, 0.25) is 0 Å². The summed E-state index contributed by atoms with van der Waals surface area (Å²) in [7, 11) is 1.31. The van der Waals surface area contributed by atoms with Gasteiger partial charge >= 0.3 is 5.97 Å². The first kappa shape index (κ1) is 17.7. The van der Waals surface area contributed by atoms with E-state index in [1.165, 1.54) is 19.2 Å². The van der Waals surface area contributed by atoms with Gasteiger partial charge in [0.05, 0.1) is 31.5 Å². The van der Waals surface area contributed by atoms with Gasteiger partial charge in [-0.25, -0.2) is 14.2 Å². The Kier molecular flexibility index (Phi) is 4.10. The molecule has 3 aromatic rings. The summed E-state index contributed by atoms with van der Waals surface area (Å²) < 4.78 is 23.9. The monoisotopic (exact) mass is 386 g/mol. The van der Waals surface area contributed by atoms with Gasteiger partial charge in [-0.3, -0.25) is 4.79 Å². The molecule has 1 aromatic carbocycles. The number of rotatable bonds is 4. The number of nitrogens with one attached hydrogen (secondary N) is 1. The van der Waals surface area contributed by atoms with Crippen molar-refractivity contribution >= 4 is 11.8 Å². The van der Waals surface area contributed by atoms with Crippen LogP contribution >= 0.6 is 0 Å². The van der Waals surface area contributed by atoms with Crippen molar-refractivity contribution < 1.29 is 23.6 Å². The standard InChI is InChI=1S/C18H15FN4O5/c1-8-20-12-7-23(6-10(12)17(24)21-8)16-14(18(25)26)15(28-22-16)9-3-4-11(19)13(5-9)27-2/h3-5H,6-7H2,1-2H3,(H,25,26)(H,20,21,24). The first-order chi connectivity index (χ1) is 13.4.